The lowest BCUT2D eigenvalue weighted by molar-refractivity contribution is 0.417. The fraction of sp³-hybridized carbons (Fsp3) is 0.0667. The zero-order chi connectivity index (χ0) is 15.7. The Morgan fingerprint density at radius 2 is 2.05 bits per heavy atom. The largest absolute Gasteiger partial charge is 0.506 e. The Kier molecular flexibility index (Phi) is 3.60. The lowest BCUT2D eigenvalue weighted by atomic mass is 10.2. The maximum absolute atomic E-state index is 9.46. The maximum Gasteiger partial charge on any atom is 0.143 e. The second-order valence-electron chi connectivity index (χ2n) is 4.62. The molecule has 0 aliphatic rings. The standard InChI is InChI=1S/C15H13ClN4O2/c1-22-14-6-12-9(5-11(14)17)15(19-7-18-12)20-8-2-3-13(21)10(16)4-8/h2-7,21H,17H2,1H3,(H,18,19,20). The molecular formula is C15H13ClN4O2. The van der Waals surface area contributed by atoms with Crippen LogP contribution in [0.4, 0.5) is 17.2 Å². The average Bonchev–Trinajstić information content (AvgIpc) is 2.51. The molecule has 3 rings (SSSR count). The number of aromatic nitrogens is 2. The highest BCUT2D eigenvalue weighted by Crippen LogP contribution is 2.32. The van der Waals surface area contributed by atoms with Crippen LogP contribution in [0.15, 0.2) is 36.7 Å². The highest BCUT2D eigenvalue weighted by atomic mass is 35.5. The molecule has 0 radical (unpaired) electrons. The smallest absolute Gasteiger partial charge is 0.143 e. The van der Waals surface area contributed by atoms with Crippen LogP contribution in [0.5, 0.6) is 11.5 Å². The minimum absolute atomic E-state index is 0.0220. The average molecular weight is 317 g/mol. The van der Waals surface area contributed by atoms with E-state index in [9.17, 15) is 5.11 Å². The lowest BCUT2D eigenvalue weighted by Gasteiger charge is -2.11. The van der Waals surface area contributed by atoms with Gasteiger partial charge in [-0.25, -0.2) is 9.97 Å². The van der Waals surface area contributed by atoms with E-state index in [4.69, 9.17) is 22.1 Å². The van der Waals surface area contributed by atoms with Crippen molar-refractivity contribution in [2.45, 2.75) is 0 Å². The van der Waals surface area contributed by atoms with Gasteiger partial charge >= 0.3 is 0 Å². The number of anilines is 3. The van der Waals surface area contributed by atoms with Gasteiger partial charge in [-0.1, -0.05) is 11.6 Å². The third kappa shape index (κ3) is 2.56. The number of hydrogen-bond acceptors (Lipinski definition) is 6. The van der Waals surface area contributed by atoms with E-state index in [1.807, 2.05) is 0 Å². The number of phenolic OH excluding ortho intramolecular Hbond substituents is 1. The highest BCUT2D eigenvalue weighted by Gasteiger charge is 2.09. The van der Waals surface area contributed by atoms with E-state index < -0.39 is 0 Å². The van der Waals surface area contributed by atoms with Crippen LogP contribution in [0.3, 0.4) is 0 Å². The zero-order valence-electron chi connectivity index (χ0n) is 11.7. The summed E-state index contributed by atoms with van der Waals surface area (Å²) in [5, 5.41) is 13.6. The molecule has 6 nitrogen and oxygen atoms in total. The molecule has 2 aromatic carbocycles. The molecule has 0 atom stereocenters. The number of benzene rings is 2. The summed E-state index contributed by atoms with van der Waals surface area (Å²) in [6.45, 7) is 0. The number of hydrogen-bond donors (Lipinski definition) is 3. The minimum Gasteiger partial charge on any atom is -0.506 e. The molecule has 7 heteroatoms. The van der Waals surface area contributed by atoms with E-state index in [0.717, 1.165) is 5.39 Å². The van der Waals surface area contributed by atoms with Crippen LogP contribution in [-0.2, 0) is 0 Å². The van der Waals surface area contributed by atoms with Gasteiger partial charge in [0.25, 0.3) is 0 Å². The van der Waals surface area contributed by atoms with E-state index in [0.29, 0.717) is 28.5 Å². The molecule has 112 valence electrons. The molecule has 1 aromatic heterocycles. The highest BCUT2D eigenvalue weighted by molar-refractivity contribution is 6.32. The van der Waals surface area contributed by atoms with Gasteiger partial charge in [0.15, 0.2) is 0 Å². The molecule has 0 spiro atoms. The fourth-order valence-corrected chi connectivity index (χ4v) is 2.28. The Balaban J connectivity index is 2.06. The van der Waals surface area contributed by atoms with Crippen LogP contribution in [0.25, 0.3) is 10.9 Å². The van der Waals surface area contributed by atoms with Crippen molar-refractivity contribution in [2.24, 2.45) is 0 Å². The summed E-state index contributed by atoms with van der Waals surface area (Å²) in [6, 6.07) is 8.31. The van der Waals surface area contributed by atoms with E-state index in [-0.39, 0.29) is 10.8 Å². The van der Waals surface area contributed by atoms with Gasteiger partial charge in [0.05, 0.1) is 23.3 Å². The third-order valence-electron chi connectivity index (χ3n) is 3.20. The van der Waals surface area contributed by atoms with Gasteiger partial charge in [-0.2, -0.15) is 0 Å². The molecule has 0 fully saturated rings. The van der Waals surface area contributed by atoms with Crippen molar-refractivity contribution in [3.63, 3.8) is 0 Å². The predicted molar refractivity (Wildman–Crippen MR) is 86.9 cm³/mol. The molecule has 0 saturated carbocycles. The number of methoxy groups -OCH3 is 1. The van der Waals surface area contributed by atoms with Gasteiger partial charge in [0, 0.05) is 17.1 Å². The van der Waals surface area contributed by atoms with Crippen molar-refractivity contribution in [3.8, 4) is 11.5 Å². The Bertz CT molecular complexity index is 854. The topological polar surface area (TPSA) is 93.3 Å². The van der Waals surface area contributed by atoms with Gasteiger partial charge in [-0.3, -0.25) is 0 Å². The second kappa shape index (κ2) is 5.57. The van der Waals surface area contributed by atoms with Crippen LogP contribution in [-0.4, -0.2) is 22.2 Å². The van der Waals surface area contributed by atoms with Crippen molar-refractivity contribution in [1.82, 2.24) is 9.97 Å². The quantitative estimate of drug-likeness (QED) is 0.507. The summed E-state index contributed by atoms with van der Waals surface area (Å²) in [5.41, 5.74) is 7.83. The second-order valence-corrected chi connectivity index (χ2v) is 5.03. The fourth-order valence-electron chi connectivity index (χ4n) is 2.10. The summed E-state index contributed by atoms with van der Waals surface area (Å²) in [4.78, 5) is 8.44. The number of halogens is 1. The number of aromatic hydroxyl groups is 1. The third-order valence-corrected chi connectivity index (χ3v) is 3.50. The van der Waals surface area contributed by atoms with Crippen molar-refractivity contribution >= 4 is 39.7 Å². The molecule has 0 aliphatic heterocycles. The van der Waals surface area contributed by atoms with E-state index in [1.165, 1.54) is 12.4 Å². The van der Waals surface area contributed by atoms with Crippen LogP contribution >= 0.6 is 11.6 Å². The summed E-state index contributed by atoms with van der Waals surface area (Å²) >= 11 is 5.90. The first-order chi connectivity index (χ1) is 10.6. The summed E-state index contributed by atoms with van der Waals surface area (Å²) in [6.07, 6.45) is 1.45. The number of nitrogens with two attached hydrogens (primary N) is 1. The normalized spacial score (nSPS) is 10.6. The molecule has 4 N–H and O–H groups in total. The van der Waals surface area contributed by atoms with Gasteiger partial charge in [-0.15, -0.1) is 0 Å². The van der Waals surface area contributed by atoms with Crippen LogP contribution < -0.4 is 15.8 Å². The molecule has 1 heterocycles. The van der Waals surface area contributed by atoms with Gasteiger partial charge < -0.3 is 20.9 Å². The monoisotopic (exact) mass is 316 g/mol. The Labute approximate surface area is 131 Å². The van der Waals surface area contributed by atoms with Crippen molar-refractivity contribution in [3.05, 3.63) is 41.7 Å². The number of fused-ring (bicyclic) bond motifs is 1. The zero-order valence-corrected chi connectivity index (χ0v) is 12.4. The molecule has 0 bridgehead atoms. The molecule has 22 heavy (non-hydrogen) atoms. The Morgan fingerprint density at radius 1 is 1.23 bits per heavy atom. The predicted octanol–water partition coefficient (Wildman–Crippen LogP) is 3.32. The van der Waals surface area contributed by atoms with Crippen LogP contribution in [0.1, 0.15) is 0 Å². The van der Waals surface area contributed by atoms with Gasteiger partial charge in [-0.05, 0) is 24.3 Å². The number of nitrogens with zero attached hydrogens (tertiary/aromatic N) is 2. The molecule has 0 unspecified atom stereocenters. The Morgan fingerprint density at radius 3 is 2.77 bits per heavy atom. The van der Waals surface area contributed by atoms with Crippen LogP contribution in [0, 0.1) is 0 Å². The maximum atomic E-state index is 9.46. The number of nitrogen functional groups attached to an aromatic ring is 1. The van der Waals surface area contributed by atoms with E-state index in [2.05, 4.69) is 15.3 Å². The summed E-state index contributed by atoms with van der Waals surface area (Å²) in [7, 11) is 1.55. The minimum atomic E-state index is 0.0220. The first-order valence-corrected chi connectivity index (χ1v) is 6.80. The Hall–Kier alpha value is -2.73. The van der Waals surface area contributed by atoms with Crippen LogP contribution in [0.2, 0.25) is 5.02 Å². The van der Waals surface area contributed by atoms with Crippen molar-refractivity contribution < 1.29 is 9.84 Å². The van der Waals surface area contributed by atoms with Crippen molar-refractivity contribution in [2.75, 3.05) is 18.2 Å². The number of ether oxygens (including phenoxy) is 1. The van der Waals surface area contributed by atoms with E-state index >= 15 is 0 Å². The number of nitrogens with one attached hydrogen (secondary N) is 1. The van der Waals surface area contributed by atoms with E-state index in [1.54, 1.807) is 31.4 Å². The molecular weight excluding hydrogens is 304 g/mol. The molecule has 3 aromatic rings. The first kappa shape index (κ1) is 14.2. The molecule has 0 amide bonds. The summed E-state index contributed by atoms with van der Waals surface area (Å²) < 4.78 is 5.19. The first-order valence-electron chi connectivity index (χ1n) is 6.42. The van der Waals surface area contributed by atoms with Gasteiger partial charge in [0.1, 0.15) is 23.6 Å². The molecule has 0 saturated heterocycles. The summed E-state index contributed by atoms with van der Waals surface area (Å²) in [5.74, 6) is 1.17. The van der Waals surface area contributed by atoms with Crippen molar-refractivity contribution in [1.29, 1.82) is 0 Å². The van der Waals surface area contributed by atoms with Gasteiger partial charge in [0.2, 0.25) is 0 Å². The molecule has 0 aliphatic carbocycles. The number of phenols is 1. The lowest BCUT2D eigenvalue weighted by Crippen LogP contribution is -1.98. The number of rotatable bonds is 3. The SMILES string of the molecule is COc1cc2ncnc(Nc3ccc(O)c(Cl)c3)c2cc1N.